The number of nitrogens with one attached hydrogen (secondary N) is 2. The number of carbonyl (C=O) groups is 1. The molecule has 1 aliphatic rings. The van der Waals surface area contributed by atoms with E-state index in [4.69, 9.17) is 11.6 Å². The largest absolute Gasteiger partial charge is 0.350 e. The highest BCUT2D eigenvalue weighted by atomic mass is 35.5. The maximum Gasteiger partial charge on any atom is 0.274 e. The average Bonchev–Trinajstić information content (AvgIpc) is 2.88. The fourth-order valence-corrected chi connectivity index (χ4v) is 4.17. The summed E-state index contributed by atoms with van der Waals surface area (Å²) in [5.41, 5.74) is 0.780. The molecule has 1 amide bonds. The standard InChI is InChI=1S/C15H15ClN4O3S/c16-10-1-3-11(4-2-10)18-14(21)13-5-7-17-15(20-13)19-12-6-8-24(22,23)9-12/h1-5,7,12H,6,8-9H2,(H,18,21)(H,17,19,20). The first-order valence-electron chi connectivity index (χ1n) is 7.28. The van der Waals surface area contributed by atoms with Crippen LogP contribution in [0.3, 0.4) is 0 Å². The van der Waals surface area contributed by atoms with Crippen LogP contribution in [0.1, 0.15) is 16.9 Å². The predicted molar refractivity (Wildman–Crippen MR) is 92.1 cm³/mol. The molecule has 1 aromatic carbocycles. The topological polar surface area (TPSA) is 101 Å². The molecule has 1 aliphatic heterocycles. The summed E-state index contributed by atoms with van der Waals surface area (Å²) in [6, 6.07) is 7.97. The number of carbonyl (C=O) groups excluding carboxylic acids is 1. The van der Waals surface area contributed by atoms with Crippen molar-refractivity contribution in [2.24, 2.45) is 0 Å². The minimum atomic E-state index is -2.99. The quantitative estimate of drug-likeness (QED) is 0.858. The number of benzene rings is 1. The lowest BCUT2D eigenvalue weighted by atomic mass is 10.3. The monoisotopic (exact) mass is 366 g/mol. The highest BCUT2D eigenvalue weighted by Gasteiger charge is 2.28. The molecule has 9 heteroatoms. The van der Waals surface area contributed by atoms with Crippen LogP contribution in [0, 0.1) is 0 Å². The summed E-state index contributed by atoms with van der Waals surface area (Å²) in [6.07, 6.45) is 1.96. The summed E-state index contributed by atoms with van der Waals surface area (Å²) in [4.78, 5) is 20.4. The Morgan fingerprint density at radius 2 is 1.96 bits per heavy atom. The molecule has 7 nitrogen and oxygen atoms in total. The van der Waals surface area contributed by atoms with Gasteiger partial charge in [-0.3, -0.25) is 4.79 Å². The molecule has 2 aromatic rings. The van der Waals surface area contributed by atoms with Crippen LogP contribution in [0.4, 0.5) is 11.6 Å². The van der Waals surface area contributed by atoms with Crippen molar-refractivity contribution in [2.45, 2.75) is 12.5 Å². The number of amides is 1. The fraction of sp³-hybridized carbons (Fsp3) is 0.267. The summed E-state index contributed by atoms with van der Waals surface area (Å²) in [5.74, 6) is 0.0570. The van der Waals surface area contributed by atoms with Gasteiger partial charge in [-0.1, -0.05) is 11.6 Å². The second-order valence-corrected chi connectivity index (χ2v) is 8.14. The van der Waals surface area contributed by atoms with E-state index >= 15 is 0 Å². The van der Waals surface area contributed by atoms with Gasteiger partial charge in [0.25, 0.3) is 5.91 Å². The number of halogens is 1. The van der Waals surface area contributed by atoms with E-state index in [2.05, 4.69) is 20.6 Å². The molecule has 0 saturated carbocycles. The molecule has 126 valence electrons. The van der Waals surface area contributed by atoms with Crippen molar-refractivity contribution in [3.05, 3.63) is 47.2 Å². The molecule has 24 heavy (non-hydrogen) atoms. The molecule has 1 saturated heterocycles. The lowest BCUT2D eigenvalue weighted by Crippen LogP contribution is -2.23. The SMILES string of the molecule is O=C(Nc1ccc(Cl)cc1)c1ccnc(NC2CCS(=O)(=O)C2)n1. The van der Waals surface area contributed by atoms with E-state index in [0.717, 1.165) is 0 Å². The van der Waals surface area contributed by atoms with Crippen LogP contribution in [0.5, 0.6) is 0 Å². The Hall–Kier alpha value is -2.19. The number of sulfone groups is 1. The van der Waals surface area contributed by atoms with Crippen LogP contribution in [-0.4, -0.2) is 41.8 Å². The van der Waals surface area contributed by atoms with Gasteiger partial charge in [-0.25, -0.2) is 18.4 Å². The first-order chi connectivity index (χ1) is 11.4. The molecule has 0 spiro atoms. The van der Waals surface area contributed by atoms with Gasteiger partial charge in [-0.2, -0.15) is 0 Å². The summed E-state index contributed by atoms with van der Waals surface area (Å²) in [6.45, 7) is 0. The molecule has 3 rings (SSSR count). The third-order valence-corrected chi connectivity index (χ3v) is 5.58. The van der Waals surface area contributed by atoms with Gasteiger partial charge < -0.3 is 10.6 Å². The summed E-state index contributed by atoms with van der Waals surface area (Å²) >= 11 is 5.80. The van der Waals surface area contributed by atoms with E-state index in [-0.39, 0.29) is 35.1 Å². The highest BCUT2D eigenvalue weighted by Crippen LogP contribution is 2.16. The predicted octanol–water partition coefficient (Wildman–Crippen LogP) is 1.98. The number of aromatic nitrogens is 2. The maximum absolute atomic E-state index is 12.2. The Morgan fingerprint density at radius 3 is 2.62 bits per heavy atom. The molecule has 0 radical (unpaired) electrons. The number of anilines is 2. The van der Waals surface area contributed by atoms with E-state index in [9.17, 15) is 13.2 Å². The van der Waals surface area contributed by atoms with Crippen molar-refractivity contribution in [3.63, 3.8) is 0 Å². The van der Waals surface area contributed by atoms with E-state index in [1.165, 1.54) is 12.3 Å². The Bertz CT molecular complexity index is 855. The van der Waals surface area contributed by atoms with Crippen LogP contribution >= 0.6 is 11.6 Å². The zero-order valence-corrected chi connectivity index (χ0v) is 14.1. The lowest BCUT2D eigenvalue weighted by Gasteiger charge is -2.11. The number of hydrogen-bond donors (Lipinski definition) is 2. The summed E-state index contributed by atoms with van der Waals surface area (Å²) in [7, 11) is -2.99. The highest BCUT2D eigenvalue weighted by molar-refractivity contribution is 7.91. The van der Waals surface area contributed by atoms with Crippen LogP contribution in [0.25, 0.3) is 0 Å². The zero-order chi connectivity index (χ0) is 17.2. The zero-order valence-electron chi connectivity index (χ0n) is 12.6. The molecule has 1 aromatic heterocycles. The third-order valence-electron chi connectivity index (χ3n) is 3.56. The lowest BCUT2D eigenvalue weighted by molar-refractivity contribution is 0.102. The fourth-order valence-electron chi connectivity index (χ4n) is 2.37. The number of nitrogens with zero attached hydrogens (tertiary/aromatic N) is 2. The van der Waals surface area contributed by atoms with Gasteiger partial charge in [0.2, 0.25) is 5.95 Å². The minimum absolute atomic E-state index is 0.0531. The van der Waals surface area contributed by atoms with Crippen molar-refractivity contribution in [1.29, 1.82) is 0 Å². The molecule has 0 bridgehead atoms. The molecule has 0 aliphatic carbocycles. The van der Waals surface area contributed by atoms with Crippen molar-refractivity contribution >= 4 is 39.0 Å². The molecule has 1 unspecified atom stereocenters. The Balaban J connectivity index is 1.68. The van der Waals surface area contributed by atoms with E-state index in [1.807, 2.05) is 0 Å². The molecular weight excluding hydrogens is 352 g/mol. The average molecular weight is 367 g/mol. The van der Waals surface area contributed by atoms with Crippen LogP contribution < -0.4 is 10.6 Å². The first-order valence-corrected chi connectivity index (χ1v) is 9.48. The third kappa shape index (κ3) is 4.21. The van der Waals surface area contributed by atoms with Gasteiger partial charge in [-0.05, 0) is 36.8 Å². The Morgan fingerprint density at radius 1 is 1.21 bits per heavy atom. The maximum atomic E-state index is 12.2. The van der Waals surface area contributed by atoms with Crippen LogP contribution in [0.15, 0.2) is 36.5 Å². The molecule has 2 N–H and O–H groups in total. The van der Waals surface area contributed by atoms with Crippen molar-refractivity contribution < 1.29 is 13.2 Å². The number of hydrogen-bond acceptors (Lipinski definition) is 6. The molecule has 2 heterocycles. The molecule has 1 fully saturated rings. The van der Waals surface area contributed by atoms with E-state index in [0.29, 0.717) is 17.1 Å². The van der Waals surface area contributed by atoms with Crippen molar-refractivity contribution in [3.8, 4) is 0 Å². The second-order valence-electron chi connectivity index (χ2n) is 5.47. The minimum Gasteiger partial charge on any atom is -0.350 e. The van der Waals surface area contributed by atoms with Crippen LogP contribution in [-0.2, 0) is 9.84 Å². The smallest absolute Gasteiger partial charge is 0.274 e. The van der Waals surface area contributed by atoms with E-state index in [1.54, 1.807) is 24.3 Å². The van der Waals surface area contributed by atoms with Gasteiger partial charge in [0.05, 0.1) is 11.5 Å². The summed E-state index contributed by atoms with van der Waals surface area (Å²) in [5, 5.41) is 6.25. The van der Waals surface area contributed by atoms with Gasteiger partial charge in [0.15, 0.2) is 9.84 Å². The Kier molecular flexibility index (Phi) is 4.68. The van der Waals surface area contributed by atoms with Gasteiger partial charge >= 0.3 is 0 Å². The number of rotatable bonds is 4. The Labute approximate surface area is 144 Å². The van der Waals surface area contributed by atoms with Crippen LogP contribution in [0.2, 0.25) is 5.02 Å². The van der Waals surface area contributed by atoms with Crippen molar-refractivity contribution in [1.82, 2.24) is 9.97 Å². The van der Waals surface area contributed by atoms with Gasteiger partial charge in [0.1, 0.15) is 5.69 Å². The molecule has 1 atom stereocenters. The van der Waals surface area contributed by atoms with Crippen molar-refractivity contribution in [2.75, 3.05) is 22.1 Å². The first kappa shape index (κ1) is 16.7. The second kappa shape index (κ2) is 6.74. The summed E-state index contributed by atoms with van der Waals surface area (Å²) < 4.78 is 23.0. The van der Waals surface area contributed by atoms with Gasteiger partial charge in [0, 0.05) is 22.9 Å². The molecular formula is C15H15ClN4O3S. The normalized spacial score (nSPS) is 19.0. The van der Waals surface area contributed by atoms with Gasteiger partial charge in [-0.15, -0.1) is 0 Å². The van der Waals surface area contributed by atoms with E-state index < -0.39 is 9.84 Å².